The fraction of sp³-hybridized carbons (Fsp3) is 0.125. The SMILES string of the molecule is CC(=O)c1ccc(-c2ccc(C(=O)O)cc2)cc1C. The molecule has 0 heterocycles. The van der Waals surface area contributed by atoms with Gasteiger partial charge < -0.3 is 5.11 Å². The molecule has 0 aliphatic heterocycles. The van der Waals surface area contributed by atoms with E-state index >= 15 is 0 Å². The number of aryl methyl sites for hydroxylation is 1. The van der Waals surface area contributed by atoms with Crippen LogP contribution in [0.5, 0.6) is 0 Å². The first-order valence-electron chi connectivity index (χ1n) is 5.94. The Bertz CT molecular complexity index is 640. The first kappa shape index (κ1) is 13.0. The third kappa shape index (κ3) is 2.71. The molecule has 0 amide bonds. The van der Waals surface area contributed by atoms with E-state index in [1.807, 2.05) is 19.1 Å². The molecular weight excluding hydrogens is 240 g/mol. The molecule has 2 rings (SSSR count). The summed E-state index contributed by atoms with van der Waals surface area (Å²) in [6.07, 6.45) is 0. The molecule has 0 radical (unpaired) electrons. The van der Waals surface area contributed by atoms with Gasteiger partial charge in [-0.15, -0.1) is 0 Å². The lowest BCUT2D eigenvalue weighted by atomic mass is 9.98. The Balaban J connectivity index is 2.39. The van der Waals surface area contributed by atoms with Crippen molar-refractivity contribution in [3.05, 3.63) is 59.2 Å². The van der Waals surface area contributed by atoms with E-state index in [4.69, 9.17) is 5.11 Å². The fourth-order valence-electron chi connectivity index (χ4n) is 2.04. The number of ketones is 1. The summed E-state index contributed by atoms with van der Waals surface area (Å²) in [5.41, 5.74) is 3.81. The maximum Gasteiger partial charge on any atom is 0.335 e. The van der Waals surface area contributed by atoms with E-state index in [0.717, 1.165) is 16.7 Å². The minimum absolute atomic E-state index is 0.0466. The van der Waals surface area contributed by atoms with Gasteiger partial charge in [0.15, 0.2) is 5.78 Å². The van der Waals surface area contributed by atoms with Crippen LogP contribution in [0.1, 0.15) is 33.2 Å². The van der Waals surface area contributed by atoms with Crippen LogP contribution < -0.4 is 0 Å². The van der Waals surface area contributed by atoms with Crippen molar-refractivity contribution in [2.45, 2.75) is 13.8 Å². The molecule has 96 valence electrons. The Hall–Kier alpha value is -2.42. The van der Waals surface area contributed by atoms with Gasteiger partial charge in [0, 0.05) is 5.56 Å². The number of hydrogen-bond acceptors (Lipinski definition) is 2. The number of carbonyl (C=O) groups is 2. The van der Waals surface area contributed by atoms with Gasteiger partial charge in [-0.2, -0.15) is 0 Å². The molecule has 0 saturated carbocycles. The van der Waals surface area contributed by atoms with Crippen LogP contribution in [-0.2, 0) is 0 Å². The maximum absolute atomic E-state index is 11.4. The summed E-state index contributed by atoms with van der Waals surface area (Å²) in [6, 6.07) is 12.3. The Morgan fingerprint density at radius 2 is 1.53 bits per heavy atom. The average molecular weight is 254 g/mol. The van der Waals surface area contributed by atoms with Gasteiger partial charge in [-0.05, 0) is 42.7 Å². The average Bonchev–Trinajstić information content (AvgIpc) is 2.38. The van der Waals surface area contributed by atoms with Gasteiger partial charge in [-0.1, -0.05) is 30.3 Å². The van der Waals surface area contributed by atoms with Crippen molar-refractivity contribution in [1.29, 1.82) is 0 Å². The zero-order valence-corrected chi connectivity index (χ0v) is 10.8. The van der Waals surface area contributed by atoms with Gasteiger partial charge >= 0.3 is 5.97 Å². The van der Waals surface area contributed by atoms with Gasteiger partial charge in [0.05, 0.1) is 5.56 Å². The van der Waals surface area contributed by atoms with Crippen molar-refractivity contribution < 1.29 is 14.7 Å². The molecule has 0 atom stereocenters. The molecular formula is C16H14O3. The van der Waals surface area contributed by atoms with Gasteiger partial charge in [0.1, 0.15) is 0 Å². The van der Waals surface area contributed by atoms with Crippen LogP contribution in [0.4, 0.5) is 0 Å². The van der Waals surface area contributed by atoms with E-state index in [2.05, 4.69) is 0 Å². The van der Waals surface area contributed by atoms with E-state index in [9.17, 15) is 9.59 Å². The summed E-state index contributed by atoms with van der Waals surface area (Å²) >= 11 is 0. The normalized spacial score (nSPS) is 10.2. The summed E-state index contributed by atoms with van der Waals surface area (Å²) in [4.78, 5) is 22.2. The van der Waals surface area contributed by atoms with Crippen LogP contribution in [0.15, 0.2) is 42.5 Å². The summed E-state index contributed by atoms with van der Waals surface area (Å²) in [5.74, 6) is -0.889. The maximum atomic E-state index is 11.4. The summed E-state index contributed by atoms with van der Waals surface area (Å²) in [5, 5.41) is 8.85. The highest BCUT2D eigenvalue weighted by atomic mass is 16.4. The van der Waals surface area contributed by atoms with Crippen molar-refractivity contribution in [2.24, 2.45) is 0 Å². The van der Waals surface area contributed by atoms with Gasteiger partial charge in [0.25, 0.3) is 0 Å². The Morgan fingerprint density at radius 1 is 0.947 bits per heavy atom. The van der Waals surface area contributed by atoms with E-state index in [-0.39, 0.29) is 11.3 Å². The quantitative estimate of drug-likeness (QED) is 0.852. The number of hydrogen-bond donors (Lipinski definition) is 1. The zero-order chi connectivity index (χ0) is 14.0. The van der Waals surface area contributed by atoms with Crippen LogP contribution in [0.25, 0.3) is 11.1 Å². The topological polar surface area (TPSA) is 54.4 Å². The number of carboxylic acids is 1. The van der Waals surface area contributed by atoms with Crippen LogP contribution in [0.2, 0.25) is 0 Å². The molecule has 2 aromatic rings. The highest BCUT2D eigenvalue weighted by Gasteiger charge is 2.07. The lowest BCUT2D eigenvalue weighted by molar-refractivity contribution is 0.0696. The number of rotatable bonds is 3. The second kappa shape index (κ2) is 5.06. The predicted molar refractivity (Wildman–Crippen MR) is 73.6 cm³/mol. The standard InChI is InChI=1S/C16H14O3/c1-10-9-14(7-8-15(10)11(2)17)12-3-5-13(6-4-12)16(18)19/h3-9H,1-2H3,(H,18,19). The second-order valence-corrected chi connectivity index (χ2v) is 4.47. The minimum atomic E-state index is -0.936. The third-order valence-electron chi connectivity index (χ3n) is 3.07. The van der Waals surface area contributed by atoms with Crippen LogP contribution in [0, 0.1) is 6.92 Å². The molecule has 2 aromatic carbocycles. The lowest BCUT2D eigenvalue weighted by Gasteiger charge is -2.07. The van der Waals surface area contributed by atoms with Crippen LogP contribution in [0.3, 0.4) is 0 Å². The number of aromatic carboxylic acids is 1. The van der Waals surface area contributed by atoms with Gasteiger partial charge in [0.2, 0.25) is 0 Å². The smallest absolute Gasteiger partial charge is 0.335 e. The number of benzene rings is 2. The first-order valence-corrected chi connectivity index (χ1v) is 5.94. The second-order valence-electron chi connectivity index (χ2n) is 4.47. The molecule has 19 heavy (non-hydrogen) atoms. The summed E-state index contributed by atoms with van der Waals surface area (Å²) in [7, 11) is 0. The molecule has 0 spiro atoms. The van der Waals surface area contributed by atoms with E-state index in [0.29, 0.717) is 5.56 Å². The summed E-state index contributed by atoms with van der Waals surface area (Å²) < 4.78 is 0. The largest absolute Gasteiger partial charge is 0.478 e. The Labute approximate surface area is 111 Å². The zero-order valence-electron chi connectivity index (χ0n) is 10.8. The Morgan fingerprint density at radius 3 is 2.00 bits per heavy atom. The molecule has 1 N–H and O–H groups in total. The molecule has 0 fully saturated rings. The molecule has 0 aromatic heterocycles. The van der Waals surface area contributed by atoms with Crippen LogP contribution in [-0.4, -0.2) is 16.9 Å². The van der Waals surface area contributed by atoms with E-state index in [1.165, 1.54) is 0 Å². The van der Waals surface area contributed by atoms with Crippen molar-refractivity contribution in [1.82, 2.24) is 0 Å². The van der Waals surface area contributed by atoms with Crippen molar-refractivity contribution in [3.63, 3.8) is 0 Å². The molecule has 0 saturated heterocycles. The predicted octanol–water partition coefficient (Wildman–Crippen LogP) is 3.56. The van der Waals surface area contributed by atoms with Crippen molar-refractivity contribution in [3.8, 4) is 11.1 Å². The van der Waals surface area contributed by atoms with E-state index < -0.39 is 5.97 Å². The highest BCUT2D eigenvalue weighted by Crippen LogP contribution is 2.23. The molecule has 0 aliphatic rings. The molecule has 3 nitrogen and oxygen atoms in total. The highest BCUT2D eigenvalue weighted by molar-refractivity contribution is 5.96. The van der Waals surface area contributed by atoms with Gasteiger partial charge in [-0.3, -0.25) is 4.79 Å². The molecule has 0 aliphatic carbocycles. The molecule has 0 bridgehead atoms. The molecule has 3 heteroatoms. The number of carbonyl (C=O) groups excluding carboxylic acids is 1. The van der Waals surface area contributed by atoms with Crippen molar-refractivity contribution >= 4 is 11.8 Å². The fourth-order valence-corrected chi connectivity index (χ4v) is 2.04. The lowest BCUT2D eigenvalue weighted by Crippen LogP contribution is -1.97. The van der Waals surface area contributed by atoms with Crippen molar-refractivity contribution in [2.75, 3.05) is 0 Å². The minimum Gasteiger partial charge on any atom is -0.478 e. The summed E-state index contributed by atoms with van der Waals surface area (Å²) in [6.45, 7) is 3.44. The number of carboxylic acid groups (broad SMARTS) is 1. The Kier molecular flexibility index (Phi) is 3.47. The van der Waals surface area contributed by atoms with Crippen LogP contribution >= 0.6 is 0 Å². The molecule has 0 unspecified atom stereocenters. The van der Waals surface area contributed by atoms with E-state index in [1.54, 1.807) is 37.3 Å². The first-order chi connectivity index (χ1) is 8.99. The number of Topliss-reactive ketones (excluding diaryl/α,β-unsaturated/α-hetero) is 1. The van der Waals surface area contributed by atoms with Gasteiger partial charge in [-0.25, -0.2) is 4.79 Å². The monoisotopic (exact) mass is 254 g/mol. The third-order valence-corrected chi connectivity index (χ3v) is 3.07.